The number of benzene rings is 1. The van der Waals surface area contributed by atoms with Crippen LogP contribution in [-0.4, -0.2) is 4.57 Å². The van der Waals surface area contributed by atoms with Crippen LogP contribution in [0.1, 0.15) is 11.3 Å². The molecule has 1 N–H and O–H groups in total. The fourth-order valence-electron chi connectivity index (χ4n) is 1.64. The normalized spacial score (nSPS) is 9.94. The minimum absolute atomic E-state index is 0.660. The van der Waals surface area contributed by atoms with Gasteiger partial charge < -0.3 is 9.88 Å². The van der Waals surface area contributed by atoms with Crippen molar-refractivity contribution < 1.29 is 0 Å². The third kappa shape index (κ3) is 2.80. The van der Waals surface area contributed by atoms with Crippen LogP contribution in [0.2, 0.25) is 5.02 Å². The summed E-state index contributed by atoms with van der Waals surface area (Å²) in [5.74, 6) is 0. The maximum atomic E-state index is 8.84. The topological polar surface area (TPSA) is 40.8 Å². The third-order valence-corrected chi connectivity index (χ3v) is 2.73. The Morgan fingerprint density at radius 1 is 1.41 bits per heavy atom. The molecule has 0 saturated heterocycles. The average Bonchev–Trinajstić information content (AvgIpc) is 2.67. The summed E-state index contributed by atoms with van der Waals surface area (Å²) in [5.41, 5.74) is 2.71. The van der Waals surface area contributed by atoms with E-state index in [0.29, 0.717) is 17.3 Å². The summed E-state index contributed by atoms with van der Waals surface area (Å²) < 4.78 is 1.81. The second-order valence-corrected chi connectivity index (χ2v) is 4.26. The average molecular weight is 246 g/mol. The van der Waals surface area contributed by atoms with Gasteiger partial charge in [0.1, 0.15) is 11.8 Å². The third-order valence-electron chi connectivity index (χ3n) is 2.50. The van der Waals surface area contributed by atoms with E-state index in [1.165, 1.54) is 0 Å². The minimum atomic E-state index is 0.660. The molecule has 1 aromatic carbocycles. The number of anilines is 1. The summed E-state index contributed by atoms with van der Waals surface area (Å²) in [6.07, 6.45) is 1.94. The van der Waals surface area contributed by atoms with E-state index < -0.39 is 0 Å². The Labute approximate surface area is 105 Å². The number of nitrogens with one attached hydrogen (secondary N) is 1. The lowest BCUT2D eigenvalue weighted by molar-refractivity contribution is 0.902. The molecule has 0 aliphatic carbocycles. The monoisotopic (exact) mass is 245 g/mol. The maximum absolute atomic E-state index is 8.84. The van der Waals surface area contributed by atoms with Gasteiger partial charge in [-0.05, 0) is 29.8 Å². The first-order chi connectivity index (χ1) is 8.19. The first-order valence-corrected chi connectivity index (χ1v) is 5.61. The molecule has 3 nitrogen and oxygen atoms in total. The maximum Gasteiger partial charge on any atom is 0.120 e. The summed E-state index contributed by atoms with van der Waals surface area (Å²) in [6.45, 7) is 0.676. The van der Waals surface area contributed by atoms with Crippen LogP contribution in [0, 0.1) is 11.3 Å². The van der Waals surface area contributed by atoms with Gasteiger partial charge in [-0.15, -0.1) is 0 Å². The highest BCUT2D eigenvalue weighted by atomic mass is 35.5. The zero-order valence-corrected chi connectivity index (χ0v) is 10.2. The van der Waals surface area contributed by atoms with Crippen LogP contribution in [0.15, 0.2) is 36.5 Å². The van der Waals surface area contributed by atoms with Gasteiger partial charge in [0.2, 0.25) is 0 Å². The van der Waals surface area contributed by atoms with Crippen molar-refractivity contribution in [2.45, 2.75) is 6.54 Å². The lowest BCUT2D eigenvalue weighted by atomic mass is 10.3. The SMILES string of the molecule is Cn1cc(CNc2cccc(Cl)c2)cc1C#N. The van der Waals surface area contributed by atoms with E-state index in [-0.39, 0.29) is 0 Å². The molecule has 0 amide bonds. The predicted molar refractivity (Wildman–Crippen MR) is 68.9 cm³/mol. The van der Waals surface area contributed by atoms with Gasteiger partial charge in [0.05, 0.1) is 0 Å². The summed E-state index contributed by atoms with van der Waals surface area (Å²) in [5, 5.41) is 12.8. The Balaban J connectivity index is 2.05. The second-order valence-electron chi connectivity index (χ2n) is 3.82. The lowest BCUT2D eigenvalue weighted by Gasteiger charge is -2.04. The van der Waals surface area contributed by atoms with Crippen LogP contribution in [0.3, 0.4) is 0 Å². The fraction of sp³-hybridized carbons (Fsp3) is 0.154. The summed E-state index contributed by atoms with van der Waals surface area (Å²) in [6, 6.07) is 11.6. The van der Waals surface area contributed by atoms with Crippen molar-refractivity contribution in [2.75, 3.05) is 5.32 Å². The number of nitrogens with zero attached hydrogens (tertiary/aromatic N) is 2. The van der Waals surface area contributed by atoms with E-state index >= 15 is 0 Å². The molecule has 0 saturated carbocycles. The Morgan fingerprint density at radius 2 is 2.24 bits per heavy atom. The van der Waals surface area contributed by atoms with Crippen molar-refractivity contribution in [3.8, 4) is 6.07 Å². The lowest BCUT2D eigenvalue weighted by Crippen LogP contribution is -1.97. The van der Waals surface area contributed by atoms with E-state index in [2.05, 4.69) is 11.4 Å². The first-order valence-electron chi connectivity index (χ1n) is 5.24. The van der Waals surface area contributed by atoms with Crippen LogP contribution in [0.4, 0.5) is 5.69 Å². The van der Waals surface area contributed by atoms with Crippen molar-refractivity contribution >= 4 is 17.3 Å². The van der Waals surface area contributed by atoms with Crippen LogP contribution < -0.4 is 5.32 Å². The first kappa shape index (κ1) is 11.6. The van der Waals surface area contributed by atoms with Gasteiger partial charge in [-0.25, -0.2) is 0 Å². The van der Waals surface area contributed by atoms with Crippen LogP contribution in [0.5, 0.6) is 0 Å². The molecular weight excluding hydrogens is 234 g/mol. The van der Waals surface area contributed by atoms with Crippen molar-refractivity contribution in [1.82, 2.24) is 4.57 Å². The fourth-order valence-corrected chi connectivity index (χ4v) is 1.83. The standard InChI is InChI=1S/C13H12ClN3/c1-17-9-10(5-13(17)7-15)8-16-12-4-2-3-11(14)6-12/h2-6,9,16H,8H2,1H3. The molecular formula is C13H12ClN3. The van der Waals surface area contributed by atoms with Crippen molar-refractivity contribution in [3.05, 3.63) is 52.8 Å². The molecule has 0 unspecified atom stereocenters. The molecule has 0 spiro atoms. The summed E-state index contributed by atoms with van der Waals surface area (Å²) in [7, 11) is 1.86. The molecule has 0 bridgehead atoms. The molecule has 0 aliphatic heterocycles. The molecule has 0 aliphatic rings. The van der Waals surface area contributed by atoms with E-state index in [1.54, 1.807) is 0 Å². The van der Waals surface area contributed by atoms with Gasteiger partial charge >= 0.3 is 0 Å². The Morgan fingerprint density at radius 3 is 2.88 bits per heavy atom. The minimum Gasteiger partial charge on any atom is -0.381 e. The Kier molecular flexibility index (Phi) is 3.36. The zero-order valence-electron chi connectivity index (χ0n) is 9.44. The van der Waals surface area contributed by atoms with E-state index in [4.69, 9.17) is 16.9 Å². The van der Waals surface area contributed by atoms with E-state index in [0.717, 1.165) is 11.3 Å². The molecule has 4 heteroatoms. The number of aryl methyl sites for hydroxylation is 1. The molecule has 0 radical (unpaired) electrons. The largest absolute Gasteiger partial charge is 0.381 e. The van der Waals surface area contributed by atoms with Crippen molar-refractivity contribution in [3.63, 3.8) is 0 Å². The van der Waals surface area contributed by atoms with Gasteiger partial charge in [0.15, 0.2) is 0 Å². The van der Waals surface area contributed by atoms with Gasteiger partial charge in [-0.3, -0.25) is 0 Å². The highest BCUT2D eigenvalue weighted by Crippen LogP contribution is 2.16. The van der Waals surface area contributed by atoms with E-state index in [1.807, 2.05) is 48.1 Å². The molecule has 0 atom stereocenters. The zero-order chi connectivity index (χ0) is 12.3. The van der Waals surface area contributed by atoms with Crippen molar-refractivity contribution in [1.29, 1.82) is 5.26 Å². The number of nitriles is 1. The molecule has 17 heavy (non-hydrogen) atoms. The number of hydrogen-bond acceptors (Lipinski definition) is 2. The quantitative estimate of drug-likeness (QED) is 0.902. The van der Waals surface area contributed by atoms with Crippen molar-refractivity contribution in [2.24, 2.45) is 7.05 Å². The summed E-state index contributed by atoms with van der Waals surface area (Å²) in [4.78, 5) is 0. The molecule has 2 rings (SSSR count). The second kappa shape index (κ2) is 4.94. The molecule has 1 aromatic heterocycles. The van der Waals surface area contributed by atoms with Gasteiger partial charge in [0, 0.05) is 30.5 Å². The Hall–Kier alpha value is -1.92. The highest BCUT2D eigenvalue weighted by molar-refractivity contribution is 6.30. The van der Waals surface area contributed by atoms with Gasteiger partial charge in [-0.1, -0.05) is 17.7 Å². The molecule has 1 heterocycles. The van der Waals surface area contributed by atoms with E-state index in [9.17, 15) is 0 Å². The molecule has 2 aromatic rings. The smallest absolute Gasteiger partial charge is 0.120 e. The Bertz CT molecular complexity index is 566. The number of halogens is 1. The van der Waals surface area contributed by atoms with Gasteiger partial charge in [0.25, 0.3) is 0 Å². The number of hydrogen-bond donors (Lipinski definition) is 1. The summed E-state index contributed by atoms with van der Waals surface area (Å²) >= 11 is 5.89. The van der Waals surface area contributed by atoms with Crippen LogP contribution in [0.25, 0.3) is 0 Å². The van der Waals surface area contributed by atoms with Crippen LogP contribution in [-0.2, 0) is 13.6 Å². The molecule has 0 fully saturated rings. The number of rotatable bonds is 3. The van der Waals surface area contributed by atoms with Gasteiger partial charge in [-0.2, -0.15) is 5.26 Å². The molecule has 86 valence electrons. The van der Waals surface area contributed by atoms with Crippen LogP contribution >= 0.6 is 11.6 Å². The highest BCUT2D eigenvalue weighted by Gasteiger charge is 2.02. The predicted octanol–water partition coefficient (Wildman–Crippen LogP) is 3.16. The number of aromatic nitrogens is 1.